The molecule has 5 nitrogen and oxygen atoms in total. The Hall–Kier alpha value is -2.01. The van der Waals surface area contributed by atoms with Gasteiger partial charge in [-0.2, -0.15) is 0 Å². The quantitative estimate of drug-likeness (QED) is 0.847. The Bertz CT molecular complexity index is 635. The van der Waals surface area contributed by atoms with Gasteiger partial charge in [-0.05, 0) is 12.1 Å². The number of piperazine rings is 1. The number of hydrogen-bond acceptors (Lipinski definition) is 4. The Kier molecular flexibility index (Phi) is 3.13. The lowest BCUT2D eigenvalue weighted by atomic mass is 10.2. The number of oxazole rings is 1. The molecule has 3 rings (SSSR count). The molecule has 0 atom stereocenters. The SMILES string of the molecule is C=CCN1CCN(c2cccc3[nH]c(=O)oc23)CC1. The molecule has 5 heteroatoms. The third-order valence-electron chi connectivity index (χ3n) is 3.53. The van der Waals surface area contributed by atoms with Crippen LogP contribution in [0.15, 0.2) is 40.1 Å². The van der Waals surface area contributed by atoms with Crippen molar-refractivity contribution in [3.05, 3.63) is 41.4 Å². The van der Waals surface area contributed by atoms with E-state index in [0.29, 0.717) is 5.58 Å². The number of hydrogen-bond donors (Lipinski definition) is 1. The minimum absolute atomic E-state index is 0.396. The predicted octanol–water partition coefficient (Wildman–Crippen LogP) is 1.43. The van der Waals surface area contributed by atoms with Gasteiger partial charge in [0.1, 0.15) is 0 Å². The molecule has 19 heavy (non-hydrogen) atoms. The van der Waals surface area contributed by atoms with Gasteiger partial charge >= 0.3 is 5.76 Å². The van der Waals surface area contributed by atoms with Gasteiger partial charge in [0.15, 0.2) is 5.58 Å². The van der Waals surface area contributed by atoms with E-state index in [1.807, 2.05) is 24.3 Å². The number of aromatic nitrogens is 1. The van der Waals surface area contributed by atoms with Crippen LogP contribution in [0.2, 0.25) is 0 Å². The molecular weight excluding hydrogens is 242 g/mol. The molecule has 1 aromatic carbocycles. The van der Waals surface area contributed by atoms with Crippen LogP contribution >= 0.6 is 0 Å². The van der Waals surface area contributed by atoms with Crippen LogP contribution in [-0.4, -0.2) is 42.6 Å². The highest BCUT2D eigenvalue weighted by atomic mass is 16.4. The summed E-state index contributed by atoms with van der Waals surface area (Å²) in [4.78, 5) is 18.6. The standard InChI is InChI=1S/C14H17N3O2/c1-2-6-16-7-9-17(10-8-16)12-5-3-4-11-13(12)19-14(18)15-11/h2-5H,1,6-10H2,(H,15,18). The highest BCUT2D eigenvalue weighted by Crippen LogP contribution is 2.25. The van der Waals surface area contributed by atoms with Crippen molar-refractivity contribution in [2.24, 2.45) is 0 Å². The molecule has 1 aromatic heterocycles. The Labute approximate surface area is 111 Å². The molecule has 0 radical (unpaired) electrons. The van der Waals surface area contributed by atoms with E-state index in [1.54, 1.807) is 0 Å². The van der Waals surface area contributed by atoms with Gasteiger partial charge in [0.25, 0.3) is 0 Å². The first kappa shape index (κ1) is 12.0. The number of anilines is 1. The van der Waals surface area contributed by atoms with Crippen molar-refractivity contribution in [3.8, 4) is 0 Å². The zero-order valence-corrected chi connectivity index (χ0v) is 10.8. The molecule has 1 N–H and O–H groups in total. The maximum absolute atomic E-state index is 11.3. The summed E-state index contributed by atoms with van der Waals surface area (Å²) < 4.78 is 5.24. The number of benzene rings is 1. The zero-order valence-electron chi connectivity index (χ0n) is 10.8. The van der Waals surface area contributed by atoms with E-state index in [-0.39, 0.29) is 0 Å². The van der Waals surface area contributed by atoms with E-state index in [0.717, 1.165) is 43.9 Å². The van der Waals surface area contributed by atoms with Gasteiger partial charge in [0.2, 0.25) is 0 Å². The molecule has 0 amide bonds. The Morgan fingerprint density at radius 2 is 2.11 bits per heavy atom. The topological polar surface area (TPSA) is 52.5 Å². The van der Waals surface area contributed by atoms with Crippen molar-refractivity contribution in [1.29, 1.82) is 0 Å². The van der Waals surface area contributed by atoms with Crippen molar-refractivity contribution < 1.29 is 4.42 Å². The fourth-order valence-corrected chi connectivity index (χ4v) is 2.56. The smallest absolute Gasteiger partial charge is 0.406 e. The van der Waals surface area contributed by atoms with Crippen LogP contribution in [0.4, 0.5) is 5.69 Å². The van der Waals surface area contributed by atoms with Gasteiger partial charge in [0.05, 0.1) is 11.2 Å². The summed E-state index contributed by atoms with van der Waals surface area (Å²) in [6.07, 6.45) is 1.93. The summed E-state index contributed by atoms with van der Waals surface area (Å²) in [5, 5.41) is 0. The summed E-state index contributed by atoms with van der Waals surface area (Å²) >= 11 is 0. The number of H-pyrrole nitrogens is 1. The molecule has 1 saturated heterocycles. The number of para-hydroxylation sites is 1. The fourth-order valence-electron chi connectivity index (χ4n) is 2.56. The fraction of sp³-hybridized carbons (Fsp3) is 0.357. The highest BCUT2D eigenvalue weighted by Gasteiger charge is 2.19. The van der Waals surface area contributed by atoms with Crippen LogP contribution < -0.4 is 10.7 Å². The lowest BCUT2D eigenvalue weighted by molar-refractivity contribution is 0.284. The second-order valence-electron chi connectivity index (χ2n) is 4.74. The number of aromatic amines is 1. The number of rotatable bonds is 3. The maximum atomic E-state index is 11.3. The van der Waals surface area contributed by atoms with Crippen molar-refractivity contribution in [2.75, 3.05) is 37.6 Å². The molecular formula is C14H17N3O2. The van der Waals surface area contributed by atoms with Crippen molar-refractivity contribution >= 4 is 16.8 Å². The molecule has 1 aliphatic rings. The van der Waals surface area contributed by atoms with Gasteiger partial charge < -0.3 is 9.32 Å². The summed E-state index contributed by atoms with van der Waals surface area (Å²) in [5.41, 5.74) is 2.41. The third kappa shape index (κ3) is 2.29. The Morgan fingerprint density at radius 1 is 1.32 bits per heavy atom. The molecule has 100 valence electrons. The number of fused-ring (bicyclic) bond motifs is 1. The second-order valence-corrected chi connectivity index (χ2v) is 4.74. The van der Waals surface area contributed by atoms with Crippen molar-refractivity contribution in [2.45, 2.75) is 0 Å². The van der Waals surface area contributed by atoms with Crippen LogP contribution in [0.25, 0.3) is 11.1 Å². The normalized spacial score (nSPS) is 16.9. The summed E-state index contributed by atoms with van der Waals surface area (Å²) in [5.74, 6) is -0.396. The molecule has 2 aromatic rings. The molecule has 2 heterocycles. The molecule has 0 bridgehead atoms. The lowest BCUT2D eigenvalue weighted by Crippen LogP contribution is -2.46. The first-order chi connectivity index (χ1) is 9.28. The summed E-state index contributed by atoms with van der Waals surface area (Å²) in [6.45, 7) is 8.55. The van der Waals surface area contributed by atoms with Crippen LogP contribution in [0.3, 0.4) is 0 Å². The Morgan fingerprint density at radius 3 is 2.84 bits per heavy atom. The minimum Gasteiger partial charge on any atom is -0.406 e. The molecule has 0 aliphatic carbocycles. The van der Waals surface area contributed by atoms with Crippen molar-refractivity contribution in [3.63, 3.8) is 0 Å². The second kappa shape index (κ2) is 4.93. The van der Waals surface area contributed by atoms with E-state index >= 15 is 0 Å². The molecule has 0 saturated carbocycles. The van der Waals surface area contributed by atoms with Gasteiger partial charge in [-0.15, -0.1) is 6.58 Å². The van der Waals surface area contributed by atoms with Gasteiger partial charge in [-0.25, -0.2) is 4.79 Å². The lowest BCUT2D eigenvalue weighted by Gasteiger charge is -2.35. The van der Waals surface area contributed by atoms with Gasteiger partial charge in [-0.3, -0.25) is 9.88 Å². The predicted molar refractivity (Wildman–Crippen MR) is 75.7 cm³/mol. The summed E-state index contributed by atoms with van der Waals surface area (Å²) in [7, 11) is 0. The average molecular weight is 259 g/mol. The van der Waals surface area contributed by atoms with Crippen LogP contribution in [0.5, 0.6) is 0 Å². The third-order valence-corrected chi connectivity index (χ3v) is 3.53. The molecule has 1 aliphatic heterocycles. The van der Waals surface area contributed by atoms with Crippen LogP contribution in [0, 0.1) is 0 Å². The maximum Gasteiger partial charge on any atom is 0.417 e. The van der Waals surface area contributed by atoms with Crippen LogP contribution in [-0.2, 0) is 0 Å². The van der Waals surface area contributed by atoms with Crippen molar-refractivity contribution in [1.82, 2.24) is 9.88 Å². The summed E-state index contributed by atoms with van der Waals surface area (Å²) in [6, 6.07) is 5.80. The largest absolute Gasteiger partial charge is 0.417 e. The molecule has 0 unspecified atom stereocenters. The van der Waals surface area contributed by atoms with E-state index in [9.17, 15) is 4.79 Å². The van der Waals surface area contributed by atoms with E-state index < -0.39 is 5.76 Å². The van der Waals surface area contributed by atoms with Gasteiger partial charge in [-0.1, -0.05) is 12.1 Å². The molecule has 0 spiro atoms. The van der Waals surface area contributed by atoms with E-state index in [1.165, 1.54) is 0 Å². The minimum atomic E-state index is -0.396. The van der Waals surface area contributed by atoms with Gasteiger partial charge in [0, 0.05) is 32.7 Å². The van der Waals surface area contributed by atoms with Crippen LogP contribution in [0.1, 0.15) is 0 Å². The average Bonchev–Trinajstić information content (AvgIpc) is 2.80. The monoisotopic (exact) mass is 259 g/mol. The zero-order chi connectivity index (χ0) is 13.2. The first-order valence-corrected chi connectivity index (χ1v) is 6.48. The van der Waals surface area contributed by atoms with E-state index in [4.69, 9.17) is 4.42 Å². The Balaban J connectivity index is 1.85. The number of nitrogens with zero attached hydrogens (tertiary/aromatic N) is 2. The first-order valence-electron chi connectivity index (χ1n) is 6.48. The number of nitrogens with one attached hydrogen (secondary N) is 1. The van der Waals surface area contributed by atoms with E-state index in [2.05, 4.69) is 21.4 Å². The molecule has 1 fully saturated rings. The highest BCUT2D eigenvalue weighted by molar-refractivity contribution is 5.86.